The first-order chi connectivity index (χ1) is 9.40. The first-order valence-electron chi connectivity index (χ1n) is 6.73. The SMILES string of the molecule is Cc1sc(NC(=O)CN2CCC[C@@H]2C(=O)O)c(C)c1C.Cl. The highest BCUT2D eigenvalue weighted by Gasteiger charge is 2.31. The van der Waals surface area contributed by atoms with Gasteiger partial charge in [-0.25, -0.2) is 0 Å². The van der Waals surface area contributed by atoms with E-state index in [0.717, 1.165) is 17.0 Å². The molecule has 0 aromatic carbocycles. The third-order valence-electron chi connectivity index (χ3n) is 3.93. The Bertz CT molecular complexity index is 545. The number of hydrogen-bond donors (Lipinski definition) is 2. The Hall–Kier alpha value is -1.11. The summed E-state index contributed by atoms with van der Waals surface area (Å²) in [4.78, 5) is 26.1. The van der Waals surface area contributed by atoms with Gasteiger partial charge in [0, 0.05) is 4.88 Å². The Labute approximate surface area is 134 Å². The van der Waals surface area contributed by atoms with Gasteiger partial charge in [0.25, 0.3) is 0 Å². The zero-order chi connectivity index (χ0) is 14.9. The van der Waals surface area contributed by atoms with Crippen LogP contribution in [0.5, 0.6) is 0 Å². The van der Waals surface area contributed by atoms with Gasteiger partial charge in [-0.3, -0.25) is 14.5 Å². The Kier molecular flexibility index (Phi) is 6.19. The van der Waals surface area contributed by atoms with Gasteiger partial charge >= 0.3 is 5.97 Å². The van der Waals surface area contributed by atoms with Crippen molar-refractivity contribution >= 4 is 40.6 Å². The van der Waals surface area contributed by atoms with E-state index in [2.05, 4.69) is 5.32 Å². The van der Waals surface area contributed by atoms with Crippen LogP contribution in [0.3, 0.4) is 0 Å². The van der Waals surface area contributed by atoms with Gasteiger partial charge in [-0.15, -0.1) is 23.7 Å². The molecule has 0 radical (unpaired) electrons. The second kappa shape index (κ2) is 7.24. The van der Waals surface area contributed by atoms with Crippen molar-refractivity contribution in [1.29, 1.82) is 0 Å². The quantitative estimate of drug-likeness (QED) is 0.889. The lowest BCUT2D eigenvalue weighted by Gasteiger charge is -2.20. The smallest absolute Gasteiger partial charge is 0.320 e. The van der Waals surface area contributed by atoms with Gasteiger partial charge in [0.1, 0.15) is 6.04 Å². The molecule has 118 valence electrons. The van der Waals surface area contributed by atoms with Gasteiger partial charge in [0.05, 0.1) is 11.5 Å². The topological polar surface area (TPSA) is 69.6 Å². The van der Waals surface area contributed by atoms with Crippen LogP contribution in [0, 0.1) is 20.8 Å². The summed E-state index contributed by atoms with van der Waals surface area (Å²) < 4.78 is 0. The number of carboxylic acids is 1. The van der Waals surface area contributed by atoms with Gasteiger partial charge in [-0.2, -0.15) is 0 Å². The number of hydrogen-bond acceptors (Lipinski definition) is 4. The molecule has 21 heavy (non-hydrogen) atoms. The summed E-state index contributed by atoms with van der Waals surface area (Å²) >= 11 is 1.57. The van der Waals surface area contributed by atoms with Gasteiger partial charge in [-0.1, -0.05) is 0 Å². The number of aryl methyl sites for hydroxylation is 1. The van der Waals surface area contributed by atoms with E-state index in [0.29, 0.717) is 13.0 Å². The highest BCUT2D eigenvalue weighted by Crippen LogP contribution is 2.31. The van der Waals surface area contributed by atoms with E-state index in [1.807, 2.05) is 20.8 Å². The van der Waals surface area contributed by atoms with Crippen molar-refractivity contribution < 1.29 is 14.7 Å². The molecular weight excluding hydrogens is 312 g/mol. The molecule has 0 aliphatic carbocycles. The van der Waals surface area contributed by atoms with Crippen LogP contribution in [0.1, 0.15) is 28.8 Å². The standard InChI is InChI=1S/C14H20N2O3S.ClH/c1-8-9(2)13(20-10(8)3)15-12(17)7-16-6-4-5-11(16)14(18)19;/h11H,4-7H2,1-3H3,(H,15,17)(H,18,19);1H/t11-;/m1./s1. The summed E-state index contributed by atoms with van der Waals surface area (Å²) in [5.74, 6) is -0.975. The van der Waals surface area contributed by atoms with Crippen LogP contribution in [-0.4, -0.2) is 41.0 Å². The molecule has 2 rings (SSSR count). The molecule has 0 saturated carbocycles. The number of carboxylic acid groups (broad SMARTS) is 1. The Morgan fingerprint density at radius 2 is 2.00 bits per heavy atom. The average Bonchev–Trinajstić information content (AvgIpc) is 2.91. The number of anilines is 1. The van der Waals surface area contributed by atoms with Crippen molar-refractivity contribution in [2.45, 2.75) is 39.7 Å². The minimum atomic E-state index is -0.839. The van der Waals surface area contributed by atoms with Crippen molar-refractivity contribution in [3.05, 3.63) is 16.0 Å². The van der Waals surface area contributed by atoms with E-state index in [1.165, 1.54) is 10.4 Å². The van der Waals surface area contributed by atoms with Gasteiger partial charge in [0.15, 0.2) is 0 Å². The Balaban J connectivity index is 0.00000220. The summed E-state index contributed by atoms with van der Waals surface area (Å²) in [5, 5.41) is 12.9. The fourth-order valence-electron chi connectivity index (χ4n) is 2.51. The van der Waals surface area contributed by atoms with E-state index in [1.54, 1.807) is 16.2 Å². The minimum Gasteiger partial charge on any atom is -0.480 e. The van der Waals surface area contributed by atoms with Crippen LogP contribution in [-0.2, 0) is 9.59 Å². The number of amides is 1. The molecule has 2 heterocycles. The molecule has 0 bridgehead atoms. The zero-order valence-corrected chi connectivity index (χ0v) is 14.1. The van der Waals surface area contributed by atoms with Crippen molar-refractivity contribution in [2.75, 3.05) is 18.4 Å². The molecule has 1 aromatic heterocycles. The number of nitrogens with one attached hydrogen (secondary N) is 1. The van der Waals surface area contributed by atoms with Crippen LogP contribution in [0.2, 0.25) is 0 Å². The molecule has 0 unspecified atom stereocenters. The molecule has 1 aliphatic heterocycles. The average molecular weight is 333 g/mol. The second-order valence-corrected chi connectivity index (χ2v) is 6.48. The van der Waals surface area contributed by atoms with Crippen molar-refractivity contribution in [1.82, 2.24) is 4.90 Å². The van der Waals surface area contributed by atoms with E-state index < -0.39 is 12.0 Å². The predicted molar refractivity (Wildman–Crippen MR) is 86.6 cm³/mol. The normalized spacial score (nSPS) is 18.3. The summed E-state index contributed by atoms with van der Waals surface area (Å²) in [5.41, 5.74) is 2.30. The maximum absolute atomic E-state index is 12.1. The van der Waals surface area contributed by atoms with Crippen molar-refractivity contribution in [3.8, 4) is 0 Å². The van der Waals surface area contributed by atoms with Crippen molar-refractivity contribution in [3.63, 3.8) is 0 Å². The van der Waals surface area contributed by atoms with E-state index >= 15 is 0 Å². The van der Waals surface area contributed by atoms with Crippen LogP contribution in [0.4, 0.5) is 5.00 Å². The van der Waals surface area contributed by atoms with E-state index in [9.17, 15) is 9.59 Å². The van der Waals surface area contributed by atoms with Crippen molar-refractivity contribution in [2.24, 2.45) is 0 Å². The Morgan fingerprint density at radius 1 is 1.33 bits per heavy atom. The molecule has 1 fully saturated rings. The lowest BCUT2D eigenvalue weighted by Crippen LogP contribution is -2.40. The maximum Gasteiger partial charge on any atom is 0.320 e. The lowest BCUT2D eigenvalue weighted by atomic mass is 10.2. The number of carbonyl (C=O) groups excluding carboxylic acids is 1. The molecule has 0 spiro atoms. The third kappa shape index (κ3) is 3.96. The monoisotopic (exact) mass is 332 g/mol. The number of thiophene rings is 1. The highest BCUT2D eigenvalue weighted by atomic mass is 35.5. The van der Waals surface area contributed by atoms with E-state index in [-0.39, 0.29) is 24.9 Å². The number of aliphatic carboxylic acids is 1. The lowest BCUT2D eigenvalue weighted by molar-refractivity contribution is -0.142. The molecule has 1 aliphatic rings. The molecule has 1 amide bonds. The molecule has 1 atom stereocenters. The Morgan fingerprint density at radius 3 is 2.52 bits per heavy atom. The molecule has 1 saturated heterocycles. The minimum absolute atomic E-state index is 0. The summed E-state index contributed by atoms with van der Waals surface area (Å²) in [7, 11) is 0. The summed E-state index contributed by atoms with van der Waals surface area (Å²) in [6.45, 7) is 6.88. The van der Waals surface area contributed by atoms with Crippen LogP contribution in [0.15, 0.2) is 0 Å². The summed E-state index contributed by atoms with van der Waals surface area (Å²) in [6, 6.07) is -0.520. The maximum atomic E-state index is 12.1. The second-order valence-electron chi connectivity index (χ2n) is 5.25. The molecule has 1 aromatic rings. The molecular formula is C14H21ClN2O3S. The highest BCUT2D eigenvalue weighted by molar-refractivity contribution is 7.16. The first-order valence-corrected chi connectivity index (χ1v) is 7.55. The first kappa shape index (κ1) is 17.9. The fraction of sp³-hybridized carbons (Fsp3) is 0.571. The van der Waals surface area contributed by atoms with Gasteiger partial charge in [0.2, 0.25) is 5.91 Å². The number of carbonyl (C=O) groups is 2. The van der Waals surface area contributed by atoms with Gasteiger partial charge < -0.3 is 10.4 Å². The van der Waals surface area contributed by atoms with Crippen LogP contribution in [0.25, 0.3) is 0 Å². The number of rotatable bonds is 4. The number of nitrogens with zero attached hydrogens (tertiary/aromatic N) is 1. The van der Waals surface area contributed by atoms with Crippen LogP contribution < -0.4 is 5.32 Å². The fourth-order valence-corrected chi connectivity index (χ4v) is 3.59. The number of halogens is 1. The molecule has 2 N–H and O–H groups in total. The largest absolute Gasteiger partial charge is 0.480 e. The van der Waals surface area contributed by atoms with E-state index in [4.69, 9.17) is 5.11 Å². The zero-order valence-electron chi connectivity index (χ0n) is 12.4. The molecule has 7 heteroatoms. The molecule has 5 nitrogen and oxygen atoms in total. The van der Waals surface area contributed by atoms with Crippen LogP contribution >= 0.6 is 23.7 Å². The predicted octanol–water partition coefficient (Wildman–Crippen LogP) is 2.58. The third-order valence-corrected chi connectivity index (χ3v) is 5.16. The number of likely N-dealkylation sites (tertiary alicyclic amines) is 1. The van der Waals surface area contributed by atoms with Gasteiger partial charge in [-0.05, 0) is 51.3 Å². The summed E-state index contributed by atoms with van der Waals surface area (Å²) in [6.07, 6.45) is 1.46.